The van der Waals surface area contributed by atoms with Crippen LogP contribution in [0.1, 0.15) is 24.0 Å². The highest BCUT2D eigenvalue weighted by Gasteiger charge is 2.30. The monoisotopic (exact) mass is 336 g/mol. The minimum absolute atomic E-state index is 0.0513. The molecule has 1 saturated heterocycles. The van der Waals surface area contributed by atoms with Crippen molar-refractivity contribution in [3.05, 3.63) is 35.4 Å². The summed E-state index contributed by atoms with van der Waals surface area (Å²) >= 11 is 0. The van der Waals surface area contributed by atoms with Gasteiger partial charge in [0.1, 0.15) is 9.84 Å². The van der Waals surface area contributed by atoms with Gasteiger partial charge in [0.15, 0.2) is 0 Å². The molecule has 1 N–H and O–H groups in total. The van der Waals surface area contributed by atoms with Crippen LogP contribution in [0.15, 0.2) is 24.3 Å². The third kappa shape index (κ3) is 3.93. The Morgan fingerprint density at radius 3 is 2.57 bits per heavy atom. The van der Waals surface area contributed by atoms with Crippen molar-refractivity contribution in [2.45, 2.75) is 31.8 Å². The van der Waals surface area contributed by atoms with Crippen molar-refractivity contribution >= 4 is 15.7 Å². The van der Waals surface area contributed by atoms with Crippen molar-refractivity contribution in [1.82, 2.24) is 10.2 Å². The summed E-state index contributed by atoms with van der Waals surface area (Å²) in [5.41, 5.74) is 2.53. The summed E-state index contributed by atoms with van der Waals surface area (Å²) < 4.78 is 22.9. The molecule has 5 nitrogen and oxygen atoms in total. The zero-order chi connectivity index (χ0) is 16.4. The molecule has 1 atom stereocenters. The summed E-state index contributed by atoms with van der Waals surface area (Å²) in [6.07, 6.45) is 2.05. The highest BCUT2D eigenvalue weighted by atomic mass is 32.2. The second-order valence-electron chi connectivity index (χ2n) is 6.74. The number of carbonyl (C=O) groups is 1. The van der Waals surface area contributed by atoms with E-state index in [2.05, 4.69) is 22.3 Å². The van der Waals surface area contributed by atoms with Crippen LogP contribution in [-0.4, -0.2) is 50.4 Å². The number of rotatable bonds is 3. The lowest BCUT2D eigenvalue weighted by molar-refractivity contribution is -0.126. The van der Waals surface area contributed by atoms with Crippen LogP contribution in [0, 0.1) is 5.92 Å². The Morgan fingerprint density at radius 2 is 1.87 bits per heavy atom. The molecule has 0 aliphatic carbocycles. The number of nitrogens with one attached hydrogen (secondary N) is 1. The largest absolute Gasteiger partial charge is 0.354 e. The highest BCUT2D eigenvalue weighted by Crippen LogP contribution is 2.22. The van der Waals surface area contributed by atoms with Crippen molar-refractivity contribution in [1.29, 1.82) is 0 Å². The van der Waals surface area contributed by atoms with E-state index in [0.717, 1.165) is 13.0 Å². The lowest BCUT2D eigenvalue weighted by atomic mass is 9.94. The molecule has 1 aromatic rings. The van der Waals surface area contributed by atoms with E-state index >= 15 is 0 Å². The van der Waals surface area contributed by atoms with Gasteiger partial charge in [-0.3, -0.25) is 9.69 Å². The molecule has 1 amide bonds. The number of carbonyl (C=O) groups excluding carboxylic acids is 1. The molecule has 3 rings (SSSR count). The minimum Gasteiger partial charge on any atom is -0.354 e. The molecule has 1 fully saturated rings. The van der Waals surface area contributed by atoms with Crippen LogP contribution in [0.4, 0.5) is 0 Å². The van der Waals surface area contributed by atoms with Crippen LogP contribution in [0.2, 0.25) is 0 Å². The van der Waals surface area contributed by atoms with Crippen molar-refractivity contribution in [2.24, 2.45) is 5.92 Å². The van der Waals surface area contributed by atoms with Crippen LogP contribution >= 0.6 is 0 Å². The van der Waals surface area contributed by atoms with Gasteiger partial charge >= 0.3 is 0 Å². The van der Waals surface area contributed by atoms with Gasteiger partial charge in [0.2, 0.25) is 5.91 Å². The maximum Gasteiger partial charge on any atom is 0.237 e. The normalized spacial score (nSPS) is 24.8. The summed E-state index contributed by atoms with van der Waals surface area (Å²) in [5.74, 6) is 0.841. The number of nitrogens with zero attached hydrogens (tertiary/aromatic N) is 1. The van der Waals surface area contributed by atoms with Gasteiger partial charge in [0.05, 0.1) is 17.5 Å². The number of likely N-dealkylation sites (N-methyl/N-ethyl adjacent to an activating group) is 1. The SMILES string of the molecule is CN1Cc2ccccc2CC1C(=O)NCC1CCS(=O)(=O)CC1. The fraction of sp³-hybridized carbons (Fsp3) is 0.588. The van der Waals surface area contributed by atoms with Crippen molar-refractivity contribution in [3.63, 3.8) is 0 Å². The molecule has 2 aliphatic rings. The molecule has 0 aromatic heterocycles. The van der Waals surface area contributed by atoms with Crippen molar-refractivity contribution in [2.75, 3.05) is 25.1 Å². The second kappa shape index (κ2) is 6.61. The maximum absolute atomic E-state index is 12.5. The lowest BCUT2D eigenvalue weighted by Gasteiger charge is -2.33. The van der Waals surface area contributed by atoms with Crippen molar-refractivity contribution in [3.8, 4) is 0 Å². The standard InChI is InChI=1S/C17H24N2O3S/c1-19-12-15-5-3-2-4-14(15)10-16(19)17(20)18-11-13-6-8-23(21,22)9-7-13/h2-5,13,16H,6-12H2,1H3,(H,18,20). The molecule has 6 heteroatoms. The Kier molecular flexibility index (Phi) is 4.73. The summed E-state index contributed by atoms with van der Waals surface area (Å²) in [4.78, 5) is 14.6. The molecule has 23 heavy (non-hydrogen) atoms. The van der Waals surface area contributed by atoms with E-state index < -0.39 is 9.84 Å². The smallest absolute Gasteiger partial charge is 0.237 e. The number of hydrogen-bond acceptors (Lipinski definition) is 4. The van der Waals surface area contributed by atoms with Crippen molar-refractivity contribution < 1.29 is 13.2 Å². The minimum atomic E-state index is -2.84. The Morgan fingerprint density at radius 1 is 1.22 bits per heavy atom. The lowest BCUT2D eigenvalue weighted by Crippen LogP contribution is -2.49. The Bertz CT molecular complexity index is 673. The predicted octanol–water partition coefficient (Wildman–Crippen LogP) is 0.984. The Balaban J connectivity index is 1.55. The van der Waals surface area contributed by atoms with Gasteiger partial charge in [-0.25, -0.2) is 8.42 Å². The number of sulfone groups is 1. The summed E-state index contributed by atoms with van der Waals surface area (Å²) in [6, 6.07) is 8.11. The predicted molar refractivity (Wildman–Crippen MR) is 89.8 cm³/mol. The number of benzene rings is 1. The first-order chi connectivity index (χ1) is 10.9. The Labute approximate surface area is 138 Å². The van der Waals surface area contributed by atoms with E-state index in [1.54, 1.807) is 0 Å². The van der Waals surface area contributed by atoms with E-state index in [9.17, 15) is 13.2 Å². The van der Waals surface area contributed by atoms with E-state index in [4.69, 9.17) is 0 Å². The Hall–Kier alpha value is -1.40. The maximum atomic E-state index is 12.5. The molecular formula is C17H24N2O3S. The van der Waals surface area contributed by atoms with Crippen LogP contribution in [0.3, 0.4) is 0 Å². The van der Waals surface area contributed by atoms with Crippen LogP contribution in [-0.2, 0) is 27.6 Å². The van der Waals surface area contributed by atoms with Crippen LogP contribution in [0.25, 0.3) is 0 Å². The van der Waals surface area contributed by atoms with Gasteiger partial charge in [-0.1, -0.05) is 24.3 Å². The first kappa shape index (κ1) is 16.5. The molecule has 1 aromatic carbocycles. The molecule has 0 spiro atoms. The van der Waals surface area contributed by atoms with Gasteiger partial charge in [-0.15, -0.1) is 0 Å². The fourth-order valence-electron chi connectivity index (χ4n) is 3.45. The first-order valence-corrected chi connectivity index (χ1v) is 10.0. The highest BCUT2D eigenvalue weighted by molar-refractivity contribution is 7.91. The third-order valence-corrected chi connectivity index (χ3v) is 6.74. The second-order valence-corrected chi connectivity index (χ2v) is 9.05. The fourth-order valence-corrected chi connectivity index (χ4v) is 5.04. The van der Waals surface area contributed by atoms with E-state index in [1.807, 2.05) is 19.2 Å². The van der Waals surface area contributed by atoms with Gasteiger partial charge in [0, 0.05) is 13.1 Å². The van der Waals surface area contributed by atoms with Gasteiger partial charge in [-0.2, -0.15) is 0 Å². The van der Waals surface area contributed by atoms with E-state index in [-0.39, 0.29) is 29.4 Å². The molecule has 1 unspecified atom stereocenters. The van der Waals surface area contributed by atoms with Gasteiger partial charge < -0.3 is 5.32 Å². The number of hydrogen-bond donors (Lipinski definition) is 1. The average Bonchev–Trinajstić information content (AvgIpc) is 2.53. The third-order valence-electron chi connectivity index (χ3n) is 5.03. The van der Waals surface area contributed by atoms with Crippen LogP contribution in [0.5, 0.6) is 0 Å². The topological polar surface area (TPSA) is 66.5 Å². The molecular weight excluding hydrogens is 312 g/mol. The van der Waals surface area contributed by atoms with Gasteiger partial charge in [-0.05, 0) is 43.4 Å². The molecule has 0 radical (unpaired) electrons. The summed E-state index contributed by atoms with van der Waals surface area (Å²) in [6.45, 7) is 1.37. The molecule has 126 valence electrons. The quantitative estimate of drug-likeness (QED) is 0.894. The first-order valence-electron chi connectivity index (χ1n) is 8.20. The summed E-state index contributed by atoms with van der Waals surface area (Å²) in [5, 5.41) is 3.04. The molecule has 2 aliphatic heterocycles. The number of amides is 1. The molecule has 0 saturated carbocycles. The van der Waals surface area contributed by atoms with E-state index in [1.165, 1.54) is 11.1 Å². The zero-order valence-electron chi connectivity index (χ0n) is 13.5. The zero-order valence-corrected chi connectivity index (χ0v) is 14.3. The van der Waals surface area contributed by atoms with Crippen LogP contribution < -0.4 is 5.32 Å². The molecule has 2 heterocycles. The van der Waals surface area contributed by atoms with E-state index in [0.29, 0.717) is 19.4 Å². The average molecular weight is 336 g/mol. The summed E-state index contributed by atoms with van der Waals surface area (Å²) in [7, 11) is -0.858. The number of fused-ring (bicyclic) bond motifs is 1. The van der Waals surface area contributed by atoms with Gasteiger partial charge in [0.25, 0.3) is 0 Å². The molecule has 0 bridgehead atoms.